The first kappa shape index (κ1) is 34.7. The van der Waals surface area contributed by atoms with Crippen molar-refractivity contribution in [2.24, 2.45) is 5.92 Å². The number of carbonyl (C=O) groups is 5. The lowest BCUT2D eigenvalue weighted by Gasteiger charge is -2.30. The molecule has 3 N–H and O–H groups in total. The molecular weight excluding hydrogens is 612 g/mol. The van der Waals surface area contributed by atoms with Gasteiger partial charge in [0, 0.05) is 17.9 Å². The number of benzene rings is 2. The number of Topliss-reactive ketones (excluding diaryl/α,β-unsaturated/α-hetero) is 1. The van der Waals surface area contributed by atoms with Gasteiger partial charge in [-0.05, 0) is 65.0 Å². The molecule has 5 rings (SSSR count). The number of hydrogen-bond donors (Lipinski definition) is 3. The minimum absolute atomic E-state index is 0.0268. The number of amides is 4. The van der Waals surface area contributed by atoms with E-state index in [1.165, 1.54) is 11.8 Å². The fourth-order valence-electron chi connectivity index (χ4n) is 6.54. The molecule has 256 valence electrons. The maximum absolute atomic E-state index is 14.2. The first-order valence-corrected chi connectivity index (χ1v) is 16.8. The Morgan fingerprint density at radius 2 is 1.69 bits per heavy atom. The molecule has 0 unspecified atom stereocenters. The lowest BCUT2D eigenvalue weighted by atomic mass is 10.0. The van der Waals surface area contributed by atoms with Gasteiger partial charge in [-0.1, -0.05) is 73.5 Å². The summed E-state index contributed by atoms with van der Waals surface area (Å²) in [5.41, 5.74) is 0.463. The molecule has 5 atom stereocenters. The van der Waals surface area contributed by atoms with E-state index < -0.39 is 53.3 Å². The molecule has 2 aliphatic heterocycles. The van der Waals surface area contributed by atoms with Crippen LogP contribution in [0.15, 0.2) is 66.7 Å². The second-order valence-electron chi connectivity index (χ2n) is 13.9. The number of fused-ring (bicyclic) bond motifs is 2. The number of rotatable bonds is 5. The molecule has 11 nitrogen and oxygen atoms in total. The summed E-state index contributed by atoms with van der Waals surface area (Å²) in [5, 5.41) is 8.50. The Balaban J connectivity index is 1.37. The zero-order valence-electron chi connectivity index (χ0n) is 28.1. The third-order valence-electron chi connectivity index (χ3n) is 9.08. The van der Waals surface area contributed by atoms with Gasteiger partial charge in [0.1, 0.15) is 29.3 Å². The summed E-state index contributed by atoms with van der Waals surface area (Å²) in [7, 11) is 0. The predicted octanol–water partition coefficient (Wildman–Crippen LogP) is 5.75. The average Bonchev–Trinajstić information content (AvgIpc) is 3.57. The van der Waals surface area contributed by atoms with Gasteiger partial charge in [0.25, 0.3) is 0 Å². The minimum atomic E-state index is -1.03. The van der Waals surface area contributed by atoms with Crippen molar-refractivity contribution in [1.82, 2.24) is 15.5 Å². The molecular formula is C37H46N4O7. The number of nitrogens with zero attached hydrogens (tertiary/aromatic N) is 1. The SMILES string of the molecule is CC(=O)[C@@]12C[C@@H]1/C=C\CCCCC[C@H](NC(=O)OC(C)(C)C)C(=O)N1C[C@H](OC(=O)Nc3ccccc3-c3ccccc3)C[C@H]1C(=O)N2. The van der Waals surface area contributed by atoms with E-state index in [2.05, 4.69) is 16.0 Å². The lowest BCUT2D eigenvalue weighted by Crippen LogP contribution is -2.56. The van der Waals surface area contributed by atoms with E-state index in [0.29, 0.717) is 24.9 Å². The molecule has 0 radical (unpaired) electrons. The van der Waals surface area contributed by atoms with E-state index in [4.69, 9.17) is 9.47 Å². The van der Waals surface area contributed by atoms with Gasteiger partial charge in [0.05, 0.1) is 12.2 Å². The Morgan fingerprint density at radius 1 is 0.958 bits per heavy atom. The first-order valence-electron chi connectivity index (χ1n) is 16.8. The number of carbonyl (C=O) groups excluding carboxylic acids is 5. The molecule has 2 heterocycles. The zero-order valence-corrected chi connectivity index (χ0v) is 28.1. The second-order valence-corrected chi connectivity index (χ2v) is 13.9. The predicted molar refractivity (Wildman–Crippen MR) is 181 cm³/mol. The topological polar surface area (TPSA) is 143 Å². The highest BCUT2D eigenvalue weighted by Crippen LogP contribution is 2.46. The monoisotopic (exact) mass is 658 g/mol. The van der Waals surface area contributed by atoms with Gasteiger partial charge in [0.15, 0.2) is 5.78 Å². The van der Waals surface area contributed by atoms with Crippen molar-refractivity contribution in [3.63, 3.8) is 0 Å². The summed E-state index contributed by atoms with van der Waals surface area (Å²) in [6, 6.07) is 15.0. The van der Waals surface area contributed by atoms with Crippen molar-refractivity contribution in [1.29, 1.82) is 0 Å². The number of para-hydroxylation sites is 1. The van der Waals surface area contributed by atoms with Gasteiger partial charge in [-0.3, -0.25) is 19.7 Å². The standard InChI is InChI=1S/C37H46N4O7/c1-24(42)37-22-26(37)17-11-6-5-7-12-20-30(39-35(46)48-36(2,3)4)33(44)41-23-27(21-31(41)32(43)40-37)47-34(45)38-29-19-14-13-18-28(29)25-15-9-8-10-16-25/h8-11,13-19,26-27,30-31H,5-7,12,20-23H2,1-4H3,(H,38,45)(H,39,46)(H,40,43)/b17-11-/t26-,27+,30-,31-,37-/m0/s1. The Hall–Kier alpha value is -4.67. The molecule has 48 heavy (non-hydrogen) atoms. The summed E-state index contributed by atoms with van der Waals surface area (Å²) in [4.78, 5) is 68.3. The Kier molecular flexibility index (Phi) is 10.6. The molecule has 2 aromatic rings. The van der Waals surface area contributed by atoms with E-state index in [1.807, 2.05) is 54.6 Å². The summed E-state index contributed by atoms with van der Waals surface area (Å²) in [6.07, 6.45) is 5.78. The van der Waals surface area contributed by atoms with Crippen LogP contribution in [0, 0.1) is 5.92 Å². The van der Waals surface area contributed by atoms with Crippen molar-refractivity contribution >= 4 is 35.5 Å². The van der Waals surface area contributed by atoms with Crippen LogP contribution in [0.2, 0.25) is 0 Å². The van der Waals surface area contributed by atoms with Crippen LogP contribution in [0.4, 0.5) is 15.3 Å². The van der Waals surface area contributed by atoms with E-state index in [-0.39, 0.29) is 24.7 Å². The highest BCUT2D eigenvalue weighted by molar-refractivity contribution is 5.98. The second kappa shape index (κ2) is 14.6. The molecule has 0 bridgehead atoms. The number of alkyl carbamates (subject to hydrolysis) is 1. The molecule has 0 aromatic heterocycles. The largest absolute Gasteiger partial charge is 0.444 e. The molecule has 11 heteroatoms. The Bertz CT molecular complexity index is 1550. The fourth-order valence-corrected chi connectivity index (χ4v) is 6.54. The van der Waals surface area contributed by atoms with Crippen molar-refractivity contribution in [2.45, 2.75) is 102 Å². The van der Waals surface area contributed by atoms with Crippen molar-refractivity contribution < 1.29 is 33.4 Å². The summed E-state index contributed by atoms with van der Waals surface area (Å²) in [6.45, 7) is 6.61. The molecule has 1 aliphatic carbocycles. The van der Waals surface area contributed by atoms with Crippen LogP contribution in [-0.2, 0) is 23.9 Å². The fraction of sp³-hybridized carbons (Fsp3) is 0.486. The van der Waals surface area contributed by atoms with E-state index in [9.17, 15) is 24.0 Å². The molecule has 2 fully saturated rings. The van der Waals surface area contributed by atoms with Gasteiger partial charge in [-0.15, -0.1) is 0 Å². The molecule has 3 aliphatic rings. The van der Waals surface area contributed by atoms with Crippen molar-refractivity contribution in [2.75, 3.05) is 11.9 Å². The molecule has 1 saturated heterocycles. The molecule has 2 aromatic carbocycles. The van der Waals surface area contributed by atoms with Crippen LogP contribution in [0.3, 0.4) is 0 Å². The summed E-state index contributed by atoms with van der Waals surface area (Å²) < 4.78 is 11.3. The van der Waals surface area contributed by atoms with Crippen LogP contribution >= 0.6 is 0 Å². The van der Waals surface area contributed by atoms with Gasteiger partial charge in [-0.25, -0.2) is 9.59 Å². The third kappa shape index (κ3) is 8.42. The van der Waals surface area contributed by atoms with E-state index in [1.54, 1.807) is 32.9 Å². The van der Waals surface area contributed by atoms with Crippen molar-refractivity contribution in [3.8, 4) is 11.1 Å². The summed E-state index contributed by atoms with van der Waals surface area (Å²) >= 11 is 0. The van der Waals surface area contributed by atoms with Gasteiger partial charge in [-0.2, -0.15) is 0 Å². The molecule has 4 amide bonds. The van der Waals surface area contributed by atoms with Gasteiger partial charge >= 0.3 is 12.2 Å². The maximum atomic E-state index is 14.2. The molecule has 1 saturated carbocycles. The number of ether oxygens (including phenoxy) is 2. The van der Waals surface area contributed by atoms with Crippen LogP contribution in [0.1, 0.15) is 72.6 Å². The van der Waals surface area contributed by atoms with Crippen LogP contribution < -0.4 is 16.0 Å². The molecule has 0 spiro atoms. The first-order chi connectivity index (χ1) is 22.9. The average molecular weight is 659 g/mol. The lowest BCUT2D eigenvalue weighted by molar-refractivity contribution is -0.141. The van der Waals surface area contributed by atoms with Crippen LogP contribution in [0.25, 0.3) is 11.1 Å². The normalized spacial score (nSPS) is 26.8. The highest BCUT2D eigenvalue weighted by atomic mass is 16.6. The highest BCUT2D eigenvalue weighted by Gasteiger charge is 2.59. The minimum Gasteiger partial charge on any atom is -0.444 e. The number of hydrogen-bond acceptors (Lipinski definition) is 7. The Labute approximate surface area is 281 Å². The van der Waals surface area contributed by atoms with Gasteiger partial charge < -0.3 is 25.0 Å². The van der Waals surface area contributed by atoms with Crippen molar-refractivity contribution in [3.05, 3.63) is 66.7 Å². The summed E-state index contributed by atoms with van der Waals surface area (Å²) in [5.74, 6) is -1.25. The van der Waals surface area contributed by atoms with Crippen LogP contribution in [0.5, 0.6) is 0 Å². The van der Waals surface area contributed by atoms with E-state index in [0.717, 1.165) is 30.4 Å². The maximum Gasteiger partial charge on any atom is 0.411 e. The number of anilines is 1. The number of ketones is 1. The number of allylic oxidation sites excluding steroid dienone is 1. The van der Waals surface area contributed by atoms with E-state index >= 15 is 0 Å². The quantitative estimate of drug-likeness (QED) is 0.347. The van der Waals surface area contributed by atoms with Gasteiger partial charge in [0.2, 0.25) is 11.8 Å². The third-order valence-corrected chi connectivity index (χ3v) is 9.08. The number of nitrogens with one attached hydrogen (secondary N) is 3. The smallest absolute Gasteiger partial charge is 0.411 e. The van der Waals surface area contributed by atoms with Crippen LogP contribution in [-0.4, -0.2) is 70.6 Å². The Morgan fingerprint density at radius 3 is 2.42 bits per heavy atom. The zero-order chi connectivity index (χ0) is 34.5.